The highest BCUT2D eigenvalue weighted by molar-refractivity contribution is 5.94. The van der Waals surface area contributed by atoms with Crippen LogP contribution in [-0.2, 0) is 12.6 Å². The van der Waals surface area contributed by atoms with Gasteiger partial charge in [-0.1, -0.05) is 18.2 Å². The number of hydrogen-bond donors (Lipinski definition) is 1. The van der Waals surface area contributed by atoms with Crippen LogP contribution < -0.4 is 10.1 Å². The zero-order valence-corrected chi connectivity index (χ0v) is 14.1. The molecule has 25 heavy (non-hydrogen) atoms. The van der Waals surface area contributed by atoms with E-state index in [0.29, 0.717) is 13.0 Å². The van der Waals surface area contributed by atoms with Crippen molar-refractivity contribution in [1.82, 2.24) is 5.32 Å². The standard InChI is InChI=1S/C19H20F3NO2/c1-13(2)25-17-8-6-14(7-9-17)10-11-23-18(24)15-4-3-5-16(12-15)19(20,21)22/h3-9,12-13H,10-11H2,1-2H3,(H,23,24). The fourth-order valence-electron chi connectivity index (χ4n) is 2.27. The summed E-state index contributed by atoms with van der Waals surface area (Å²) >= 11 is 0. The van der Waals surface area contributed by atoms with Crippen LogP contribution in [-0.4, -0.2) is 18.6 Å². The average Bonchev–Trinajstić information content (AvgIpc) is 2.55. The summed E-state index contributed by atoms with van der Waals surface area (Å²) in [6, 6.07) is 11.9. The Kier molecular flexibility index (Phi) is 6.07. The molecular weight excluding hydrogens is 331 g/mol. The van der Waals surface area contributed by atoms with E-state index >= 15 is 0 Å². The van der Waals surface area contributed by atoms with Gasteiger partial charge in [0.1, 0.15) is 5.75 Å². The van der Waals surface area contributed by atoms with Crippen LogP contribution in [0.25, 0.3) is 0 Å². The predicted octanol–water partition coefficient (Wildman–Crippen LogP) is 4.47. The molecule has 0 bridgehead atoms. The van der Waals surface area contributed by atoms with Gasteiger partial charge >= 0.3 is 6.18 Å². The van der Waals surface area contributed by atoms with E-state index in [-0.39, 0.29) is 11.7 Å². The maximum Gasteiger partial charge on any atom is 0.416 e. The van der Waals surface area contributed by atoms with Crippen molar-refractivity contribution in [3.05, 3.63) is 65.2 Å². The molecule has 0 unspecified atom stereocenters. The fourth-order valence-corrected chi connectivity index (χ4v) is 2.27. The van der Waals surface area contributed by atoms with Gasteiger partial charge in [0.15, 0.2) is 0 Å². The lowest BCUT2D eigenvalue weighted by atomic mass is 10.1. The second kappa shape index (κ2) is 8.05. The fraction of sp³-hybridized carbons (Fsp3) is 0.316. The molecule has 1 amide bonds. The first-order valence-corrected chi connectivity index (χ1v) is 7.97. The SMILES string of the molecule is CC(C)Oc1ccc(CCNC(=O)c2cccc(C(F)(F)F)c2)cc1. The number of alkyl halides is 3. The summed E-state index contributed by atoms with van der Waals surface area (Å²) in [6.07, 6.45) is -3.79. The lowest BCUT2D eigenvalue weighted by molar-refractivity contribution is -0.137. The minimum absolute atomic E-state index is 0.00416. The third kappa shape index (κ3) is 5.81. The molecule has 0 radical (unpaired) electrons. The smallest absolute Gasteiger partial charge is 0.416 e. The Bertz CT molecular complexity index is 709. The predicted molar refractivity (Wildman–Crippen MR) is 89.7 cm³/mol. The minimum atomic E-state index is -4.46. The van der Waals surface area contributed by atoms with Gasteiger partial charge in [-0.25, -0.2) is 0 Å². The normalized spacial score (nSPS) is 11.4. The highest BCUT2D eigenvalue weighted by Gasteiger charge is 2.30. The zero-order valence-electron chi connectivity index (χ0n) is 14.1. The van der Waals surface area contributed by atoms with Crippen LogP contribution in [0.3, 0.4) is 0 Å². The van der Waals surface area contributed by atoms with E-state index in [4.69, 9.17) is 4.74 Å². The second-order valence-corrected chi connectivity index (χ2v) is 5.90. The quantitative estimate of drug-likeness (QED) is 0.834. The molecule has 0 saturated heterocycles. The maximum absolute atomic E-state index is 12.7. The van der Waals surface area contributed by atoms with Gasteiger partial charge in [0.2, 0.25) is 0 Å². The first-order chi connectivity index (χ1) is 11.8. The first-order valence-electron chi connectivity index (χ1n) is 7.97. The van der Waals surface area contributed by atoms with Crippen molar-refractivity contribution in [3.63, 3.8) is 0 Å². The molecule has 134 valence electrons. The van der Waals surface area contributed by atoms with Crippen LogP contribution in [0, 0.1) is 0 Å². The number of nitrogens with one attached hydrogen (secondary N) is 1. The Hall–Kier alpha value is -2.50. The summed E-state index contributed by atoms with van der Waals surface area (Å²) in [5.74, 6) is 0.248. The second-order valence-electron chi connectivity index (χ2n) is 5.90. The lowest BCUT2D eigenvalue weighted by Gasteiger charge is -2.11. The summed E-state index contributed by atoms with van der Waals surface area (Å²) in [5, 5.41) is 2.64. The van der Waals surface area contributed by atoms with Crippen LogP contribution in [0.1, 0.15) is 35.3 Å². The number of carbonyl (C=O) groups is 1. The van der Waals surface area contributed by atoms with Crippen LogP contribution in [0.15, 0.2) is 48.5 Å². The molecule has 6 heteroatoms. The summed E-state index contributed by atoms with van der Waals surface area (Å²) < 4.78 is 43.6. The molecule has 3 nitrogen and oxygen atoms in total. The summed E-state index contributed by atoms with van der Waals surface area (Å²) in [7, 11) is 0. The van der Waals surface area contributed by atoms with Gasteiger partial charge < -0.3 is 10.1 Å². The number of rotatable bonds is 6. The molecule has 0 heterocycles. The number of hydrogen-bond acceptors (Lipinski definition) is 2. The molecule has 0 aliphatic carbocycles. The molecular formula is C19H20F3NO2. The first kappa shape index (κ1) is 18.8. The maximum atomic E-state index is 12.7. The summed E-state index contributed by atoms with van der Waals surface area (Å²) in [6.45, 7) is 4.22. The van der Waals surface area contributed by atoms with Gasteiger partial charge in [-0.05, 0) is 56.2 Å². The summed E-state index contributed by atoms with van der Waals surface area (Å²) in [4.78, 5) is 12.0. The van der Waals surface area contributed by atoms with Gasteiger partial charge in [0.05, 0.1) is 11.7 Å². The monoisotopic (exact) mass is 351 g/mol. The van der Waals surface area contributed by atoms with E-state index in [1.54, 1.807) is 0 Å². The van der Waals surface area contributed by atoms with Gasteiger partial charge in [0, 0.05) is 12.1 Å². The van der Waals surface area contributed by atoms with Gasteiger partial charge in [-0.15, -0.1) is 0 Å². The molecule has 1 N–H and O–H groups in total. The third-order valence-electron chi connectivity index (χ3n) is 3.45. The molecule has 0 aliphatic heterocycles. The lowest BCUT2D eigenvalue weighted by Crippen LogP contribution is -2.26. The Morgan fingerprint density at radius 1 is 1.12 bits per heavy atom. The zero-order chi connectivity index (χ0) is 18.4. The molecule has 0 saturated carbocycles. The topological polar surface area (TPSA) is 38.3 Å². The van der Waals surface area contributed by atoms with E-state index in [9.17, 15) is 18.0 Å². The summed E-state index contributed by atoms with van der Waals surface area (Å²) in [5.41, 5.74) is 0.164. The number of amides is 1. The number of halogens is 3. The van der Waals surface area contributed by atoms with Crippen LogP contribution in [0.5, 0.6) is 5.75 Å². The van der Waals surface area contributed by atoms with Gasteiger partial charge in [0.25, 0.3) is 5.91 Å². The molecule has 0 fully saturated rings. The Balaban J connectivity index is 1.88. The molecule has 0 aliphatic rings. The largest absolute Gasteiger partial charge is 0.491 e. The van der Waals surface area contributed by atoms with E-state index in [0.717, 1.165) is 23.4 Å². The highest BCUT2D eigenvalue weighted by atomic mass is 19.4. The molecule has 0 aromatic heterocycles. The molecule has 0 spiro atoms. The third-order valence-corrected chi connectivity index (χ3v) is 3.45. The highest BCUT2D eigenvalue weighted by Crippen LogP contribution is 2.29. The van der Waals surface area contributed by atoms with E-state index in [1.165, 1.54) is 12.1 Å². The number of carbonyl (C=O) groups excluding carboxylic acids is 1. The molecule has 0 atom stereocenters. The Morgan fingerprint density at radius 3 is 2.40 bits per heavy atom. The number of ether oxygens (including phenoxy) is 1. The van der Waals surface area contributed by atoms with Crippen molar-refractivity contribution in [2.75, 3.05) is 6.54 Å². The van der Waals surface area contributed by atoms with E-state index < -0.39 is 17.6 Å². The van der Waals surface area contributed by atoms with Crippen molar-refractivity contribution in [1.29, 1.82) is 0 Å². The van der Waals surface area contributed by atoms with Gasteiger partial charge in [-0.2, -0.15) is 13.2 Å². The van der Waals surface area contributed by atoms with E-state index in [2.05, 4.69) is 5.32 Å². The van der Waals surface area contributed by atoms with Crippen molar-refractivity contribution in [3.8, 4) is 5.75 Å². The Morgan fingerprint density at radius 2 is 1.80 bits per heavy atom. The molecule has 2 aromatic carbocycles. The molecule has 2 aromatic rings. The number of benzene rings is 2. The van der Waals surface area contributed by atoms with Crippen molar-refractivity contribution in [2.24, 2.45) is 0 Å². The van der Waals surface area contributed by atoms with Crippen molar-refractivity contribution >= 4 is 5.91 Å². The van der Waals surface area contributed by atoms with Gasteiger partial charge in [-0.3, -0.25) is 4.79 Å². The van der Waals surface area contributed by atoms with E-state index in [1.807, 2.05) is 38.1 Å². The van der Waals surface area contributed by atoms with Crippen LogP contribution in [0.4, 0.5) is 13.2 Å². The molecule has 2 rings (SSSR count). The van der Waals surface area contributed by atoms with Crippen LogP contribution >= 0.6 is 0 Å². The van der Waals surface area contributed by atoms with Crippen molar-refractivity contribution in [2.45, 2.75) is 32.5 Å². The van der Waals surface area contributed by atoms with Crippen molar-refractivity contribution < 1.29 is 22.7 Å². The van der Waals surface area contributed by atoms with Crippen LogP contribution in [0.2, 0.25) is 0 Å². The average molecular weight is 351 g/mol. The minimum Gasteiger partial charge on any atom is -0.491 e. The Labute approximate surface area is 144 Å².